The molecule has 150 valence electrons. The van der Waals surface area contributed by atoms with E-state index in [4.69, 9.17) is 4.74 Å². The largest absolute Gasteiger partial charge is 0.489 e. The molecule has 0 radical (unpaired) electrons. The van der Waals surface area contributed by atoms with E-state index in [0.29, 0.717) is 17.0 Å². The second kappa shape index (κ2) is 9.26. The van der Waals surface area contributed by atoms with Crippen molar-refractivity contribution in [2.75, 3.05) is 17.2 Å². The SMILES string of the molecule is CC(C)Oc1ccccc1NCC(=O)Nc1cccc(C(=O)NC(C)(C)C)c1. The molecule has 0 aliphatic heterocycles. The standard InChI is InChI=1S/C22H29N3O3/c1-15(2)28-19-12-7-6-11-18(19)23-14-20(26)24-17-10-8-9-16(13-17)21(27)25-22(3,4)5/h6-13,15,23H,14H2,1-5H3,(H,24,26)(H,25,27). The van der Waals surface area contributed by atoms with E-state index < -0.39 is 0 Å². The fourth-order valence-corrected chi connectivity index (χ4v) is 2.50. The van der Waals surface area contributed by atoms with Crippen LogP contribution in [0.15, 0.2) is 48.5 Å². The molecule has 0 bridgehead atoms. The lowest BCUT2D eigenvalue weighted by atomic mass is 10.1. The number of rotatable bonds is 7. The molecule has 0 unspecified atom stereocenters. The van der Waals surface area contributed by atoms with Crippen LogP contribution in [0.25, 0.3) is 0 Å². The van der Waals surface area contributed by atoms with Crippen molar-refractivity contribution in [2.45, 2.75) is 46.3 Å². The highest BCUT2D eigenvalue weighted by Gasteiger charge is 2.15. The molecule has 0 fully saturated rings. The molecule has 2 aromatic rings. The average Bonchev–Trinajstić information content (AvgIpc) is 2.59. The van der Waals surface area contributed by atoms with E-state index in [0.717, 1.165) is 5.69 Å². The Morgan fingerprint density at radius 2 is 1.75 bits per heavy atom. The van der Waals surface area contributed by atoms with E-state index in [-0.39, 0.29) is 30.0 Å². The third kappa shape index (κ3) is 6.95. The summed E-state index contributed by atoms with van der Waals surface area (Å²) in [7, 11) is 0. The first-order valence-corrected chi connectivity index (χ1v) is 9.36. The van der Waals surface area contributed by atoms with E-state index in [2.05, 4.69) is 16.0 Å². The van der Waals surface area contributed by atoms with Crippen LogP contribution in [0.5, 0.6) is 5.75 Å². The fraction of sp³-hybridized carbons (Fsp3) is 0.364. The average molecular weight is 383 g/mol. The predicted molar refractivity (Wildman–Crippen MR) is 113 cm³/mol. The Hall–Kier alpha value is -3.02. The lowest BCUT2D eigenvalue weighted by Gasteiger charge is -2.20. The molecule has 2 amide bonds. The Balaban J connectivity index is 1.97. The molecular formula is C22H29N3O3. The molecule has 0 aromatic heterocycles. The second-order valence-corrected chi connectivity index (χ2v) is 7.85. The zero-order valence-corrected chi connectivity index (χ0v) is 17.1. The molecule has 0 aliphatic rings. The van der Waals surface area contributed by atoms with Crippen molar-refractivity contribution in [3.05, 3.63) is 54.1 Å². The number of carbonyl (C=O) groups excluding carboxylic acids is 2. The highest BCUT2D eigenvalue weighted by atomic mass is 16.5. The number of carbonyl (C=O) groups is 2. The molecule has 0 heterocycles. The summed E-state index contributed by atoms with van der Waals surface area (Å²) in [5, 5.41) is 8.81. The van der Waals surface area contributed by atoms with Gasteiger partial charge >= 0.3 is 0 Å². The van der Waals surface area contributed by atoms with Crippen molar-refractivity contribution in [2.24, 2.45) is 0 Å². The third-order valence-electron chi connectivity index (χ3n) is 3.59. The van der Waals surface area contributed by atoms with Gasteiger partial charge in [0.25, 0.3) is 5.91 Å². The Kier molecular flexibility index (Phi) is 7.04. The summed E-state index contributed by atoms with van der Waals surface area (Å²) in [5.41, 5.74) is 1.49. The Morgan fingerprint density at radius 1 is 1.04 bits per heavy atom. The van der Waals surface area contributed by atoms with Gasteiger partial charge in [-0.1, -0.05) is 18.2 Å². The van der Waals surface area contributed by atoms with Crippen molar-refractivity contribution in [1.82, 2.24) is 5.32 Å². The molecule has 28 heavy (non-hydrogen) atoms. The fourth-order valence-electron chi connectivity index (χ4n) is 2.50. The molecule has 6 heteroatoms. The topological polar surface area (TPSA) is 79.5 Å². The summed E-state index contributed by atoms with van der Waals surface area (Å²) >= 11 is 0. The number of hydrogen-bond donors (Lipinski definition) is 3. The number of amides is 2. The van der Waals surface area contributed by atoms with Gasteiger partial charge in [0.05, 0.1) is 18.3 Å². The van der Waals surface area contributed by atoms with E-state index >= 15 is 0 Å². The number of para-hydroxylation sites is 2. The van der Waals surface area contributed by atoms with Gasteiger partial charge < -0.3 is 20.7 Å². The number of anilines is 2. The highest BCUT2D eigenvalue weighted by molar-refractivity contribution is 5.98. The van der Waals surface area contributed by atoms with Crippen LogP contribution in [-0.4, -0.2) is 30.0 Å². The van der Waals surface area contributed by atoms with E-state index in [1.54, 1.807) is 24.3 Å². The van der Waals surface area contributed by atoms with Crippen LogP contribution >= 0.6 is 0 Å². The minimum absolute atomic E-state index is 0.0405. The smallest absolute Gasteiger partial charge is 0.251 e. The van der Waals surface area contributed by atoms with Crippen LogP contribution < -0.4 is 20.7 Å². The zero-order chi connectivity index (χ0) is 20.7. The van der Waals surface area contributed by atoms with Crippen molar-refractivity contribution < 1.29 is 14.3 Å². The maximum absolute atomic E-state index is 12.3. The zero-order valence-electron chi connectivity index (χ0n) is 17.1. The summed E-state index contributed by atoms with van der Waals surface area (Å²) < 4.78 is 5.74. The first-order chi connectivity index (χ1) is 13.1. The predicted octanol–water partition coefficient (Wildman–Crippen LogP) is 4.05. The van der Waals surface area contributed by atoms with Crippen LogP contribution in [0.1, 0.15) is 45.0 Å². The van der Waals surface area contributed by atoms with Crippen LogP contribution in [0.4, 0.5) is 11.4 Å². The molecule has 3 N–H and O–H groups in total. The van der Waals surface area contributed by atoms with Crippen molar-refractivity contribution in [3.8, 4) is 5.75 Å². The lowest BCUT2D eigenvalue weighted by Crippen LogP contribution is -2.40. The normalized spacial score (nSPS) is 11.1. The van der Waals surface area contributed by atoms with E-state index in [1.165, 1.54) is 0 Å². The quantitative estimate of drug-likeness (QED) is 0.674. The van der Waals surface area contributed by atoms with Gasteiger partial charge in [-0.2, -0.15) is 0 Å². The molecule has 0 saturated heterocycles. The molecule has 2 rings (SSSR count). The van der Waals surface area contributed by atoms with Crippen LogP contribution in [-0.2, 0) is 4.79 Å². The van der Waals surface area contributed by atoms with Gasteiger partial charge in [0, 0.05) is 16.8 Å². The van der Waals surface area contributed by atoms with Gasteiger partial charge in [-0.15, -0.1) is 0 Å². The maximum atomic E-state index is 12.3. The summed E-state index contributed by atoms with van der Waals surface area (Å²) in [5.74, 6) is 0.306. The molecule has 0 atom stereocenters. The molecule has 0 saturated carbocycles. The highest BCUT2D eigenvalue weighted by Crippen LogP contribution is 2.24. The lowest BCUT2D eigenvalue weighted by molar-refractivity contribution is -0.114. The number of ether oxygens (including phenoxy) is 1. The van der Waals surface area contributed by atoms with E-state index in [9.17, 15) is 9.59 Å². The van der Waals surface area contributed by atoms with Gasteiger partial charge in [0.15, 0.2) is 0 Å². The number of hydrogen-bond acceptors (Lipinski definition) is 4. The van der Waals surface area contributed by atoms with Gasteiger partial charge in [-0.05, 0) is 65.0 Å². The van der Waals surface area contributed by atoms with Gasteiger partial charge in [-0.25, -0.2) is 0 Å². The monoisotopic (exact) mass is 383 g/mol. The van der Waals surface area contributed by atoms with Crippen molar-refractivity contribution in [3.63, 3.8) is 0 Å². The Morgan fingerprint density at radius 3 is 2.43 bits per heavy atom. The number of benzene rings is 2. The summed E-state index contributed by atoms with van der Waals surface area (Å²) in [4.78, 5) is 24.6. The Bertz CT molecular complexity index is 826. The van der Waals surface area contributed by atoms with Crippen LogP contribution in [0, 0.1) is 0 Å². The molecule has 2 aromatic carbocycles. The van der Waals surface area contributed by atoms with E-state index in [1.807, 2.05) is 58.9 Å². The first-order valence-electron chi connectivity index (χ1n) is 9.36. The minimum Gasteiger partial charge on any atom is -0.489 e. The van der Waals surface area contributed by atoms with Crippen LogP contribution in [0.3, 0.4) is 0 Å². The molecule has 6 nitrogen and oxygen atoms in total. The Labute approximate surface area is 166 Å². The van der Waals surface area contributed by atoms with Gasteiger partial charge in [0.1, 0.15) is 5.75 Å². The van der Waals surface area contributed by atoms with Gasteiger partial charge in [-0.3, -0.25) is 9.59 Å². The maximum Gasteiger partial charge on any atom is 0.251 e. The van der Waals surface area contributed by atoms with Crippen LogP contribution in [0.2, 0.25) is 0 Å². The minimum atomic E-state index is -0.328. The summed E-state index contributed by atoms with van der Waals surface area (Å²) in [6, 6.07) is 14.4. The first kappa shape index (κ1) is 21.3. The molecule has 0 aliphatic carbocycles. The molecule has 0 spiro atoms. The van der Waals surface area contributed by atoms with Gasteiger partial charge in [0.2, 0.25) is 5.91 Å². The number of nitrogens with one attached hydrogen (secondary N) is 3. The second-order valence-electron chi connectivity index (χ2n) is 7.85. The van der Waals surface area contributed by atoms with Crippen molar-refractivity contribution in [1.29, 1.82) is 0 Å². The third-order valence-corrected chi connectivity index (χ3v) is 3.59. The summed E-state index contributed by atoms with van der Waals surface area (Å²) in [6.07, 6.45) is 0.0405. The molecular weight excluding hydrogens is 354 g/mol. The summed E-state index contributed by atoms with van der Waals surface area (Å²) in [6.45, 7) is 9.74. The van der Waals surface area contributed by atoms with Crippen molar-refractivity contribution >= 4 is 23.2 Å².